The van der Waals surface area contributed by atoms with E-state index in [9.17, 15) is 0 Å². The monoisotopic (exact) mass is 382 g/mol. The van der Waals surface area contributed by atoms with Crippen LogP contribution in [0, 0.1) is 0 Å². The molecule has 1 aromatic carbocycles. The van der Waals surface area contributed by atoms with Crippen LogP contribution in [0.5, 0.6) is 0 Å². The quantitative estimate of drug-likeness (QED) is 0.271. The van der Waals surface area contributed by atoms with E-state index in [4.69, 9.17) is 0 Å². The van der Waals surface area contributed by atoms with Crippen molar-refractivity contribution in [3.05, 3.63) is 60.6 Å². The highest BCUT2D eigenvalue weighted by atomic mass is 32.2. The molecule has 2 aromatic heterocycles. The lowest BCUT2D eigenvalue weighted by Crippen LogP contribution is -2.40. The number of aliphatic imine (C=N–C) groups is 1. The molecule has 0 saturated heterocycles. The van der Waals surface area contributed by atoms with Crippen molar-refractivity contribution in [2.24, 2.45) is 4.99 Å². The molecule has 0 spiro atoms. The van der Waals surface area contributed by atoms with Crippen LogP contribution in [0.4, 0.5) is 0 Å². The van der Waals surface area contributed by atoms with Gasteiger partial charge in [-0.15, -0.1) is 22.0 Å². The Morgan fingerprint density at radius 1 is 1.11 bits per heavy atom. The standard InChI is InChI=1S/C20H26N6S/c1-16(27-17-9-4-3-5-10-17)15-23-20(21-2)22-13-8-12-19-25-24-18-11-6-7-14-26(18)19/h3-7,9-11,14,16H,8,12-13,15H2,1-2H3,(H2,21,22,23). The fraction of sp³-hybridized carbons (Fsp3) is 0.350. The van der Waals surface area contributed by atoms with Gasteiger partial charge in [0.1, 0.15) is 5.82 Å². The van der Waals surface area contributed by atoms with Crippen LogP contribution in [0.15, 0.2) is 64.6 Å². The zero-order valence-corrected chi connectivity index (χ0v) is 16.6. The van der Waals surface area contributed by atoms with Gasteiger partial charge in [0.2, 0.25) is 0 Å². The first-order chi connectivity index (χ1) is 13.3. The van der Waals surface area contributed by atoms with Crippen LogP contribution in [0.2, 0.25) is 0 Å². The second kappa shape index (κ2) is 9.97. The van der Waals surface area contributed by atoms with E-state index in [0.29, 0.717) is 5.25 Å². The molecule has 1 atom stereocenters. The third-order valence-corrected chi connectivity index (χ3v) is 5.23. The number of aryl methyl sites for hydroxylation is 1. The van der Waals surface area contributed by atoms with Crippen molar-refractivity contribution in [2.45, 2.75) is 29.9 Å². The minimum absolute atomic E-state index is 0.452. The zero-order valence-electron chi connectivity index (χ0n) is 15.8. The van der Waals surface area contributed by atoms with Crippen molar-refractivity contribution in [2.75, 3.05) is 20.1 Å². The van der Waals surface area contributed by atoms with Gasteiger partial charge in [-0.3, -0.25) is 9.39 Å². The summed E-state index contributed by atoms with van der Waals surface area (Å²) in [6.45, 7) is 3.91. The first-order valence-corrected chi connectivity index (χ1v) is 10.1. The number of benzene rings is 1. The predicted octanol–water partition coefficient (Wildman–Crippen LogP) is 3.01. The van der Waals surface area contributed by atoms with Gasteiger partial charge in [-0.2, -0.15) is 0 Å². The van der Waals surface area contributed by atoms with E-state index in [1.165, 1.54) is 4.90 Å². The maximum absolute atomic E-state index is 4.30. The molecule has 0 saturated carbocycles. The van der Waals surface area contributed by atoms with Crippen molar-refractivity contribution >= 4 is 23.4 Å². The molecule has 0 aliphatic heterocycles. The molecular formula is C20H26N6S. The van der Waals surface area contributed by atoms with E-state index >= 15 is 0 Å². The molecule has 0 fully saturated rings. The van der Waals surface area contributed by atoms with Gasteiger partial charge in [0.15, 0.2) is 11.6 Å². The number of fused-ring (bicyclic) bond motifs is 1. The molecule has 3 rings (SSSR count). The number of aromatic nitrogens is 3. The molecule has 2 N–H and O–H groups in total. The summed E-state index contributed by atoms with van der Waals surface area (Å²) in [4.78, 5) is 5.59. The Balaban J connectivity index is 1.38. The molecule has 27 heavy (non-hydrogen) atoms. The number of nitrogens with one attached hydrogen (secondary N) is 2. The van der Waals surface area contributed by atoms with E-state index in [1.807, 2.05) is 46.6 Å². The Hall–Kier alpha value is -2.54. The Kier molecular flexibility index (Phi) is 7.10. The Bertz CT molecular complexity index is 861. The van der Waals surface area contributed by atoms with Crippen molar-refractivity contribution in [3.63, 3.8) is 0 Å². The van der Waals surface area contributed by atoms with E-state index in [0.717, 1.165) is 43.4 Å². The van der Waals surface area contributed by atoms with Crippen molar-refractivity contribution in [1.29, 1.82) is 0 Å². The van der Waals surface area contributed by atoms with Gasteiger partial charge in [0.25, 0.3) is 0 Å². The molecular weight excluding hydrogens is 356 g/mol. The fourth-order valence-electron chi connectivity index (χ4n) is 2.75. The largest absolute Gasteiger partial charge is 0.356 e. The molecule has 0 aliphatic carbocycles. The van der Waals surface area contributed by atoms with Crippen LogP contribution in [0.25, 0.3) is 5.65 Å². The van der Waals surface area contributed by atoms with Crippen LogP contribution >= 0.6 is 11.8 Å². The van der Waals surface area contributed by atoms with Gasteiger partial charge in [0.05, 0.1) is 0 Å². The third-order valence-electron chi connectivity index (χ3n) is 4.11. The third kappa shape index (κ3) is 5.72. The number of hydrogen-bond donors (Lipinski definition) is 2. The molecule has 0 aliphatic rings. The topological polar surface area (TPSA) is 66.6 Å². The second-order valence-corrected chi connectivity index (χ2v) is 7.78. The van der Waals surface area contributed by atoms with Crippen LogP contribution in [0.1, 0.15) is 19.2 Å². The fourth-order valence-corrected chi connectivity index (χ4v) is 3.69. The lowest BCUT2D eigenvalue weighted by molar-refractivity contribution is 0.712. The first kappa shape index (κ1) is 19.2. The number of pyridine rings is 1. The van der Waals surface area contributed by atoms with E-state index in [2.05, 4.69) is 57.0 Å². The summed E-state index contributed by atoms with van der Waals surface area (Å²) in [6.07, 6.45) is 3.84. The van der Waals surface area contributed by atoms with E-state index < -0.39 is 0 Å². The normalized spacial score (nSPS) is 12.9. The van der Waals surface area contributed by atoms with Crippen LogP contribution < -0.4 is 10.6 Å². The van der Waals surface area contributed by atoms with E-state index in [1.54, 1.807) is 7.05 Å². The molecule has 2 heterocycles. The summed E-state index contributed by atoms with van der Waals surface area (Å²) in [5.74, 6) is 1.82. The molecule has 0 amide bonds. The molecule has 142 valence electrons. The van der Waals surface area contributed by atoms with Crippen molar-refractivity contribution < 1.29 is 0 Å². The minimum atomic E-state index is 0.452. The highest BCUT2D eigenvalue weighted by molar-refractivity contribution is 8.00. The summed E-state index contributed by atoms with van der Waals surface area (Å²) in [5.41, 5.74) is 0.892. The number of guanidine groups is 1. The van der Waals surface area contributed by atoms with Crippen molar-refractivity contribution in [3.8, 4) is 0 Å². The lowest BCUT2D eigenvalue weighted by Gasteiger charge is -2.15. The predicted molar refractivity (Wildman–Crippen MR) is 112 cm³/mol. The average Bonchev–Trinajstić information content (AvgIpc) is 3.11. The summed E-state index contributed by atoms with van der Waals surface area (Å²) in [7, 11) is 1.80. The molecule has 1 unspecified atom stereocenters. The number of rotatable bonds is 8. The number of thioether (sulfide) groups is 1. The van der Waals surface area contributed by atoms with E-state index in [-0.39, 0.29) is 0 Å². The van der Waals surface area contributed by atoms with Crippen LogP contribution in [0.3, 0.4) is 0 Å². The van der Waals surface area contributed by atoms with Gasteiger partial charge in [-0.1, -0.05) is 31.2 Å². The first-order valence-electron chi connectivity index (χ1n) is 9.21. The number of hydrogen-bond acceptors (Lipinski definition) is 4. The maximum Gasteiger partial charge on any atom is 0.191 e. The summed E-state index contributed by atoms with van der Waals surface area (Å²) >= 11 is 1.86. The second-order valence-electron chi connectivity index (χ2n) is 6.27. The van der Waals surface area contributed by atoms with Gasteiger partial charge in [-0.05, 0) is 30.7 Å². The Morgan fingerprint density at radius 2 is 1.93 bits per heavy atom. The highest BCUT2D eigenvalue weighted by Crippen LogP contribution is 2.21. The maximum atomic E-state index is 4.30. The van der Waals surface area contributed by atoms with Gasteiger partial charge < -0.3 is 10.6 Å². The number of nitrogens with zero attached hydrogens (tertiary/aromatic N) is 4. The zero-order chi connectivity index (χ0) is 18.9. The van der Waals surface area contributed by atoms with Gasteiger partial charge >= 0.3 is 0 Å². The average molecular weight is 383 g/mol. The van der Waals surface area contributed by atoms with Crippen LogP contribution in [-0.4, -0.2) is 45.9 Å². The molecule has 3 aromatic rings. The SMILES string of the molecule is CN=C(NCCCc1nnc2ccccn12)NCC(C)Sc1ccccc1. The Labute approximate surface area is 164 Å². The summed E-state index contributed by atoms with van der Waals surface area (Å²) in [6, 6.07) is 16.4. The van der Waals surface area contributed by atoms with Gasteiger partial charge in [0, 0.05) is 42.9 Å². The van der Waals surface area contributed by atoms with Crippen molar-refractivity contribution in [1.82, 2.24) is 25.2 Å². The minimum Gasteiger partial charge on any atom is -0.356 e. The molecule has 0 bridgehead atoms. The molecule has 0 radical (unpaired) electrons. The summed E-state index contributed by atoms with van der Waals surface area (Å²) < 4.78 is 2.04. The smallest absolute Gasteiger partial charge is 0.191 e. The van der Waals surface area contributed by atoms with Gasteiger partial charge in [-0.25, -0.2) is 0 Å². The van der Waals surface area contributed by atoms with Crippen LogP contribution in [-0.2, 0) is 6.42 Å². The molecule has 7 heteroatoms. The lowest BCUT2D eigenvalue weighted by atomic mass is 10.3. The Morgan fingerprint density at radius 3 is 2.74 bits per heavy atom. The highest BCUT2D eigenvalue weighted by Gasteiger charge is 2.07. The molecule has 6 nitrogen and oxygen atoms in total. The summed E-state index contributed by atoms with van der Waals surface area (Å²) in [5, 5.41) is 15.7.